The molecule has 0 spiro atoms. The molecule has 160 valence electrons. The number of esters is 1. The third-order valence-corrected chi connectivity index (χ3v) is 3.71. The maximum Gasteiger partial charge on any atom is 0.387 e. The SMILES string of the molecule is COc1cc(/C=C/C(=O)OCC(=O)c2ccc(OC(F)F)cc2)ccc1OC(C)C. The number of ketones is 1. The van der Waals surface area contributed by atoms with Crippen LogP contribution in [0.4, 0.5) is 8.78 Å². The van der Waals surface area contributed by atoms with Crippen LogP contribution in [0.5, 0.6) is 17.2 Å². The molecule has 0 atom stereocenters. The van der Waals surface area contributed by atoms with E-state index in [1.54, 1.807) is 18.2 Å². The largest absolute Gasteiger partial charge is 0.493 e. The van der Waals surface area contributed by atoms with Gasteiger partial charge in [-0.2, -0.15) is 8.78 Å². The highest BCUT2D eigenvalue weighted by Gasteiger charge is 2.11. The van der Waals surface area contributed by atoms with Gasteiger partial charge in [0.2, 0.25) is 0 Å². The first-order valence-electron chi connectivity index (χ1n) is 9.06. The summed E-state index contributed by atoms with van der Waals surface area (Å²) in [6.45, 7) is 0.368. The summed E-state index contributed by atoms with van der Waals surface area (Å²) in [6.07, 6.45) is 2.69. The second-order valence-electron chi connectivity index (χ2n) is 6.34. The Kier molecular flexibility index (Phi) is 8.34. The predicted molar refractivity (Wildman–Crippen MR) is 106 cm³/mol. The van der Waals surface area contributed by atoms with Gasteiger partial charge in [0, 0.05) is 11.6 Å². The van der Waals surface area contributed by atoms with Crippen molar-refractivity contribution in [3.05, 3.63) is 59.7 Å². The van der Waals surface area contributed by atoms with Crippen LogP contribution in [-0.4, -0.2) is 38.2 Å². The first kappa shape index (κ1) is 22.9. The van der Waals surface area contributed by atoms with Crippen LogP contribution in [0.3, 0.4) is 0 Å². The van der Waals surface area contributed by atoms with Crippen molar-refractivity contribution < 1.29 is 37.3 Å². The number of halogens is 2. The summed E-state index contributed by atoms with van der Waals surface area (Å²) in [5, 5.41) is 0. The van der Waals surface area contributed by atoms with Gasteiger partial charge in [0.25, 0.3) is 0 Å². The monoisotopic (exact) mass is 420 g/mol. The first-order valence-corrected chi connectivity index (χ1v) is 9.06. The van der Waals surface area contributed by atoms with Gasteiger partial charge in [0.1, 0.15) is 5.75 Å². The molecule has 2 rings (SSSR count). The third-order valence-electron chi connectivity index (χ3n) is 3.71. The molecule has 2 aromatic rings. The summed E-state index contributed by atoms with van der Waals surface area (Å²) >= 11 is 0. The number of alkyl halides is 2. The van der Waals surface area contributed by atoms with Crippen molar-refractivity contribution in [3.63, 3.8) is 0 Å². The molecule has 0 unspecified atom stereocenters. The Bertz CT molecular complexity index is 891. The fourth-order valence-electron chi connectivity index (χ4n) is 2.39. The number of methoxy groups -OCH3 is 1. The van der Waals surface area contributed by atoms with E-state index in [1.165, 1.54) is 43.5 Å². The molecule has 0 saturated heterocycles. The number of hydrogen-bond donors (Lipinski definition) is 0. The summed E-state index contributed by atoms with van der Waals surface area (Å²) in [5.41, 5.74) is 0.889. The van der Waals surface area contributed by atoms with Gasteiger partial charge in [-0.05, 0) is 61.9 Å². The number of carbonyl (C=O) groups excluding carboxylic acids is 2. The van der Waals surface area contributed by atoms with E-state index in [0.29, 0.717) is 17.1 Å². The number of Topliss-reactive ketones (excluding diaryl/α,β-unsaturated/α-hetero) is 1. The smallest absolute Gasteiger partial charge is 0.387 e. The van der Waals surface area contributed by atoms with Crippen LogP contribution < -0.4 is 14.2 Å². The highest BCUT2D eigenvalue weighted by Crippen LogP contribution is 2.29. The second-order valence-corrected chi connectivity index (χ2v) is 6.34. The molecular formula is C22H22F2O6. The van der Waals surface area contributed by atoms with Gasteiger partial charge in [0.05, 0.1) is 13.2 Å². The zero-order chi connectivity index (χ0) is 22.1. The molecule has 0 radical (unpaired) electrons. The third kappa shape index (κ3) is 7.20. The number of benzene rings is 2. The number of carbonyl (C=O) groups is 2. The lowest BCUT2D eigenvalue weighted by molar-refractivity contribution is -0.136. The lowest BCUT2D eigenvalue weighted by atomic mass is 10.1. The first-order chi connectivity index (χ1) is 14.3. The Morgan fingerprint density at radius 2 is 1.70 bits per heavy atom. The van der Waals surface area contributed by atoms with Crippen LogP contribution in [0, 0.1) is 0 Å². The summed E-state index contributed by atoms with van der Waals surface area (Å²) in [5.74, 6) is -0.141. The minimum Gasteiger partial charge on any atom is -0.493 e. The van der Waals surface area contributed by atoms with E-state index in [9.17, 15) is 18.4 Å². The highest BCUT2D eigenvalue weighted by atomic mass is 19.3. The Morgan fingerprint density at radius 1 is 1.00 bits per heavy atom. The van der Waals surface area contributed by atoms with Crippen molar-refractivity contribution in [1.29, 1.82) is 0 Å². The van der Waals surface area contributed by atoms with E-state index in [1.807, 2.05) is 13.8 Å². The fraction of sp³-hybridized carbons (Fsp3) is 0.273. The molecule has 0 aliphatic heterocycles. The molecule has 0 N–H and O–H groups in total. The van der Waals surface area contributed by atoms with Crippen LogP contribution in [0.2, 0.25) is 0 Å². The normalized spacial score (nSPS) is 11.0. The summed E-state index contributed by atoms with van der Waals surface area (Å²) in [4.78, 5) is 23.9. The van der Waals surface area contributed by atoms with Crippen molar-refractivity contribution in [2.75, 3.05) is 13.7 Å². The summed E-state index contributed by atoms with van der Waals surface area (Å²) in [7, 11) is 1.52. The lowest BCUT2D eigenvalue weighted by Gasteiger charge is -2.13. The summed E-state index contributed by atoms with van der Waals surface area (Å²) < 4.78 is 44.3. The molecule has 0 aliphatic carbocycles. The molecule has 0 aromatic heterocycles. The molecular weight excluding hydrogens is 398 g/mol. The average Bonchev–Trinajstić information content (AvgIpc) is 2.71. The fourth-order valence-corrected chi connectivity index (χ4v) is 2.39. The van der Waals surface area contributed by atoms with Crippen molar-refractivity contribution in [3.8, 4) is 17.2 Å². The van der Waals surface area contributed by atoms with E-state index >= 15 is 0 Å². The zero-order valence-corrected chi connectivity index (χ0v) is 16.8. The van der Waals surface area contributed by atoms with E-state index < -0.39 is 25.0 Å². The molecule has 6 nitrogen and oxygen atoms in total. The topological polar surface area (TPSA) is 71.1 Å². The Morgan fingerprint density at radius 3 is 2.30 bits per heavy atom. The maximum absolute atomic E-state index is 12.1. The Labute approximate surface area is 173 Å². The van der Waals surface area contributed by atoms with E-state index in [0.717, 1.165) is 0 Å². The number of hydrogen-bond acceptors (Lipinski definition) is 6. The van der Waals surface area contributed by atoms with Gasteiger partial charge in [0.15, 0.2) is 23.9 Å². The molecule has 30 heavy (non-hydrogen) atoms. The van der Waals surface area contributed by atoms with E-state index in [4.69, 9.17) is 14.2 Å². The molecule has 0 aliphatic rings. The minimum atomic E-state index is -2.95. The van der Waals surface area contributed by atoms with Gasteiger partial charge >= 0.3 is 12.6 Å². The van der Waals surface area contributed by atoms with Crippen molar-refractivity contribution in [1.82, 2.24) is 0 Å². The van der Waals surface area contributed by atoms with Gasteiger partial charge in [-0.15, -0.1) is 0 Å². The minimum absolute atomic E-state index is 0.0131. The number of ether oxygens (including phenoxy) is 4. The molecule has 0 fully saturated rings. The predicted octanol–water partition coefficient (Wildman–Crippen LogP) is 4.52. The average molecular weight is 420 g/mol. The second kappa shape index (κ2) is 10.9. The molecule has 8 heteroatoms. The van der Waals surface area contributed by atoms with Gasteiger partial charge < -0.3 is 18.9 Å². The van der Waals surface area contributed by atoms with Gasteiger partial charge in [-0.3, -0.25) is 4.79 Å². The lowest BCUT2D eigenvalue weighted by Crippen LogP contribution is -2.12. The van der Waals surface area contributed by atoms with Crippen molar-refractivity contribution >= 4 is 17.8 Å². The van der Waals surface area contributed by atoms with Crippen molar-refractivity contribution in [2.45, 2.75) is 26.6 Å². The van der Waals surface area contributed by atoms with E-state index in [-0.39, 0.29) is 17.4 Å². The van der Waals surface area contributed by atoms with Crippen LogP contribution in [0.25, 0.3) is 6.08 Å². The standard InChI is InChI=1S/C22H22F2O6/c1-14(2)29-19-10-4-15(12-20(19)27-3)5-11-21(26)28-13-18(25)16-6-8-17(9-7-16)30-22(23)24/h4-12,14,22H,13H2,1-3H3/b11-5+. The molecule has 0 saturated carbocycles. The quantitative estimate of drug-likeness (QED) is 0.320. The molecule has 0 heterocycles. The number of rotatable bonds is 10. The van der Waals surface area contributed by atoms with Crippen molar-refractivity contribution in [2.24, 2.45) is 0 Å². The Hall–Kier alpha value is -3.42. The van der Waals surface area contributed by atoms with Gasteiger partial charge in [-0.25, -0.2) is 4.79 Å². The zero-order valence-electron chi connectivity index (χ0n) is 16.8. The molecule has 0 amide bonds. The summed E-state index contributed by atoms with van der Waals surface area (Å²) in [6, 6.07) is 10.3. The van der Waals surface area contributed by atoms with Crippen LogP contribution >= 0.6 is 0 Å². The van der Waals surface area contributed by atoms with Crippen LogP contribution in [0.15, 0.2) is 48.5 Å². The van der Waals surface area contributed by atoms with Crippen LogP contribution in [0.1, 0.15) is 29.8 Å². The van der Waals surface area contributed by atoms with E-state index in [2.05, 4.69) is 4.74 Å². The van der Waals surface area contributed by atoms with Gasteiger partial charge in [-0.1, -0.05) is 6.07 Å². The molecule has 0 bridgehead atoms. The highest BCUT2D eigenvalue weighted by molar-refractivity contribution is 5.99. The Balaban J connectivity index is 1.90. The van der Waals surface area contributed by atoms with Crippen LogP contribution in [-0.2, 0) is 9.53 Å². The maximum atomic E-state index is 12.1. The molecule has 2 aromatic carbocycles.